The molecule has 0 aromatic heterocycles. The van der Waals surface area contributed by atoms with Gasteiger partial charge in [0.05, 0.1) is 12.9 Å². The molecule has 0 unspecified atom stereocenters. The van der Waals surface area contributed by atoms with Crippen LogP contribution in [0.1, 0.15) is 10.9 Å². The number of hydrogen-bond acceptors (Lipinski definition) is 3. The molecule has 3 nitrogen and oxygen atoms in total. The van der Waals surface area contributed by atoms with Crippen LogP contribution in [0, 0.1) is 0 Å². The molecule has 0 radical (unpaired) electrons. The van der Waals surface area contributed by atoms with Crippen molar-refractivity contribution >= 4 is 39.3 Å². The topological polar surface area (TPSA) is 29.5 Å². The number of benzene rings is 2. The number of amides is 1. The van der Waals surface area contributed by atoms with Gasteiger partial charge < -0.3 is 4.74 Å². The van der Waals surface area contributed by atoms with Crippen molar-refractivity contribution in [2.75, 3.05) is 17.8 Å². The average Bonchev–Trinajstić information content (AvgIpc) is 2.89. The van der Waals surface area contributed by atoms with Crippen molar-refractivity contribution in [1.82, 2.24) is 0 Å². The highest BCUT2D eigenvalue weighted by Gasteiger charge is 2.34. The molecule has 21 heavy (non-hydrogen) atoms. The van der Waals surface area contributed by atoms with Crippen molar-refractivity contribution < 1.29 is 9.53 Å². The summed E-state index contributed by atoms with van der Waals surface area (Å²) in [5.41, 5.74) is 2.01. The molecule has 0 saturated carbocycles. The molecular weight excluding hydrogens is 350 g/mol. The van der Waals surface area contributed by atoms with Gasteiger partial charge in [-0.2, -0.15) is 0 Å². The van der Waals surface area contributed by atoms with E-state index in [1.54, 1.807) is 18.9 Å². The Balaban J connectivity index is 1.97. The third-order valence-electron chi connectivity index (χ3n) is 3.39. The van der Waals surface area contributed by atoms with Crippen LogP contribution in [-0.2, 0) is 4.79 Å². The van der Waals surface area contributed by atoms with Gasteiger partial charge in [-0.3, -0.25) is 9.69 Å². The molecule has 1 amide bonds. The summed E-state index contributed by atoms with van der Waals surface area (Å²) in [5.74, 6) is 1.42. The van der Waals surface area contributed by atoms with Crippen LogP contribution in [0.15, 0.2) is 53.0 Å². The van der Waals surface area contributed by atoms with Crippen molar-refractivity contribution in [3.63, 3.8) is 0 Å². The Labute approximate surface area is 136 Å². The first-order valence-corrected chi connectivity index (χ1v) is 8.37. The second-order valence-electron chi connectivity index (χ2n) is 4.65. The smallest absolute Gasteiger partial charge is 0.238 e. The highest BCUT2D eigenvalue weighted by molar-refractivity contribution is 9.10. The fourth-order valence-electron chi connectivity index (χ4n) is 2.35. The molecule has 2 aromatic carbocycles. The molecule has 3 rings (SSSR count). The maximum atomic E-state index is 12.3. The van der Waals surface area contributed by atoms with Crippen LogP contribution < -0.4 is 9.64 Å². The molecule has 1 heterocycles. The van der Waals surface area contributed by atoms with Crippen LogP contribution in [0.25, 0.3) is 0 Å². The number of nitrogens with zero attached hydrogens (tertiary/aromatic N) is 1. The van der Waals surface area contributed by atoms with E-state index in [4.69, 9.17) is 4.74 Å². The van der Waals surface area contributed by atoms with E-state index in [0.717, 1.165) is 21.5 Å². The maximum absolute atomic E-state index is 12.3. The summed E-state index contributed by atoms with van der Waals surface area (Å²) >= 11 is 5.22. The van der Waals surface area contributed by atoms with Crippen LogP contribution >= 0.6 is 27.7 Å². The fourth-order valence-corrected chi connectivity index (χ4v) is 4.22. The fraction of sp³-hybridized carbons (Fsp3) is 0.188. The first-order valence-electron chi connectivity index (χ1n) is 6.53. The zero-order chi connectivity index (χ0) is 14.8. The summed E-state index contributed by atoms with van der Waals surface area (Å²) in [6.45, 7) is 0. The van der Waals surface area contributed by atoms with Gasteiger partial charge in [0.1, 0.15) is 11.1 Å². The van der Waals surface area contributed by atoms with Gasteiger partial charge in [-0.05, 0) is 35.9 Å². The number of ether oxygens (including phenoxy) is 1. The van der Waals surface area contributed by atoms with Crippen molar-refractivity contribution in [2.45, 2.75) is 5.37 Å². The summed E-state index contributed by atoms with van der Waals surface area (Å²) in [4.78, 5) is 14.1. The Hall–Kier alpha value is -1.46. The Bertz CT molecular complexity index is 660. The zero-order valence-corrected chi connectivity index (χ0v) is 13.9. The van der Waals surface area contributed by atoms with Gasteiger partial charge in [-0.1, -0.05) is 34.1 Å². The number of hydrogen-bond donors (Lipinski definition) is 0. The monoisotopic (exact) mass is 363 g/mol. The molecule has 1 fully saturated rings. The minimum Gasteiger partial charge on any atom is -0.497 e. The predicted molar refractivity (Wildman–Crippen MR) is 89.8 cm³/mol. The van der Waals surface area contributed by atoms with Crippen molar-refractivity contribution in [1.29, 1.82) is 0 Å². The van der Waals surface area contributed by atoms with E-state index in [2.05, 4.69) is 22.0 Å². The SMILES string of the molecule is COc1ccc(N2C(=O)CS[C@@H]2c2ccccc2Br)cc1. The number of halogens is 1. The number of anilines is 1. The molecule has 1 saturated heterocycles. The van der Waals surface area contributed by atoms with Gasteiger partial charge in [0, 0.05) is 10.2 Å². The van der Waals surface area contributed by atoms with Gasteiger partial charge in [0.2, 0.25) is 5.91 Å². The van der Waals surface area contributed by atoms with E-state index in [1.165, 1.54) is 0 Å². The van der Waals surface area contributed by atoms with Crippen LogP contribution in [-0.4, -0.2) is 18.8 Å². The third-order valence-corrected chi connectivity index (χ3v) is 5.31. The first-order chi connectivity index (χ1) is 10.2. The molecule has 5 heteroatoms. The molecule has 1 aliphatic rings. The number of methoxy groups -OCH3 is 1. The lowest BCUT2D eigenvalue weighted by atomic mass is 10.2. The number of rotatable bonds is 3. The standard InChI is InChI=1S/C16H14BrNO2S/c1-20-12-8-6-11(7-9-12)18-15(19)10-21-16(18)13-4-2-3-5-14(13)17/h2-9,16H,10H2,1H3/t16-/m1/s1. The number of thioether (sulfide) groups is 1. The summed E-state index contributed by atoms with van der Waals surface area (Å²) in [7, 11) is 1.63. The lowest BCUT2D eigenvalue weighted by Crippen LogP contribution is -2.27. The molecule has 0 N–H and O–H groups in total. The van der Waals surface area contributed by atoms with E-state index >= 15 is 0 Å². The Morgan fingerprint density at radius 1 is 1.19 bits per heavy atom. The highest BCUT2D eigenvalue weighted by atomic mass is 79.9. The zero-order valence-electron chi connectivity index (χ0n) is 11.5. The van der Waals surface area contributed by atoms with Gasteiger partial charge >= 0.3 is 0 Å². The summed E-state index contributed by atoms with van der Waals surface area (Å²) in [6.07, 6.45) is 0. The van der Waals surface area contributed by atoms with E-state index in [-0.39, 0.29) is 11.3 Å². The quantitative estimate of drug-likeness (QED) is 0.816. The molecule has 0 aliphatic carbocycles. The second kappa shape index (κ2) is 6.12. The summed E-state index contributed by atoms with van der Waals surface area (Å²) in [5, 5.41) is 0.00136. The molecule has 1 atom stereocenters. The Morgan fingerprint density at radius 3 is 2.57 bits per heavy atom. The third kappa shape index (κ3) is 2.80. The van der Waals surface area contributed by atoms with Crippen molar-refractivity contribution in [3.05, 3.63) is 58.6 Å². The van der Waals surface area contributed by atoms with Crippen molar-refractivity contribution in [3.8, 4) is 5.75 Å². The second-order valence-corrected chi connectivity index (χ2v) is 6.57. The van der Waals surface area contributed by atoms with Crippen LogP contribution in [0.3, 0.4) is 0 Å². The van der Waals surface area contributed by atoms with Gasteiger partial charge in [0.15, 0.2) is 0 Å². The average molecular weight is 364 g/mol. The first kappa shape index (κ1) is 14.5. The minimum absolute atomic E-state index is 0.00136. The Kier molecular flexibility index (Phi) is 4.22. The predicted octanol–water partition coefficient (Wildman–Crippen LogP) is 4.24. The normalized spacial score (nSPS) is 18.1. The van der Waals surface area contributed by atoms with Crippen molar-refractivity contribution in [2.24, 2.45) is 0 Å². The van der Waals surface area contributed by atoms with E-state index < -0.39 is 0 Å². The van der Waals surface area contributed by atoms with Crippen LogP contribution in [0.2, 0.25) is 0 Å². The van der Waals surface area contributed by atoms with E-state index in [9.17, 15) is 4.79 Å². The largest absolute Gasteiger partial charge is 0.497 e. The van der Waals surface area contributed by atoms with Crippen LogP contribution in [0.5, 0.6) is 5.75 Å². The molecule has 0 spiro atoms. The molecule has 0 bridgehead atoms. The van der Waals surface area contributed by atoms with Gasteiger partial charge in [0.25, 0.3) is 0 Å². The Morgan fingerprint density at radius 2 is 1.90 bits per heavy atom. The lowest BCUT2D eigenvalue weighted by molar-refractivity contribution is -0.115. The number of carbonyl (C=O) groups excluding carboxylic acids is 1. The number of carbonyl (C=O) groups is 1. The van der Waals surface area contributed by atoms with Gasteiger partial charge in [-0.15, -0.1) is 11.8 Å². The van der Waals surface area contributed by atoms with Crippen LogP contribution in [0.4, 0.5) is 5.69 Å². The molecule has 1 aliphatic heterocycles. The highest BCUT2D eigenvalue weighted by Crippen LogP contribution is 2.44. The maximum Gasteiger partial charge on any atom is 0.238 e. The van der Waals surface area contributed by atoms with E-state index in [1.807, 2.05) is 47.4 Å². The summed E-state index contributed by atoms with van der Waals surface area (Å²) in [6, 6.07) is 15.6. The van der Waals surface area contributed by atoms with E-state index in [0.29, 0.717) is 5.75 Å². The van der Waals surface area contributed by atoms with Gasteiger partial charge in [-0.25, -0.2) is 0 Å². The lowest BCUT2D eigenvalue weighted by Gasteiger charge is -2.25. The molecule has 108 valence electrons. The molecular formula is C16H14BrNO2S. The summed E-state index contributed by atoms with van der Waals surface area (Å²) < 4.78 is 6.20. The minimum atomic E-state index is 0.00136. The molecule has 2 aromatic rings.